The Morgan fingerprint density at radius 2 is 1.68 bits per heavy atom. The third-order valence-corrected chi connectivity index (χ3v) is 5.36. The van der Waals surface area contributed by atoms with Crippen LogP contribution in [0.1, 0.15) is 58.1 Å². The number of rotatable bonds is 10. The molecule has 31 heavy (non-hydrogen) atoms. The molecule has 168 valence electrons. The van der Waals surface area contributed by atoms with Gasteiger partial charge in [0.1, 0.15) is 17.6 Å². The summed E-state index contributed by atoms with van der Waals surface area (Å²) in [4.78, 5) is 27.2. The highest BCUT2D eigenvalue weighted by Crippen LogP contribution is 2.26. The molecule has 0 heterocycles. The molecule has 0 unspecified atom stereocenters. The van der Waals surface area contributed by atoms with E-state index in [1.807, 2.05) is 38.1 Å². The molecular formula is C25H33FN2O3. The maximum atomic E-state index is 14.3. The number of amides is 2. The second-order valence-corrected chi connectivity index (χ2v) is 8.09. The van der Waals surface area contributed by atoms with Gasteiger partial charge in [-0.25, -0.2) is 4.39 Å². The van der Waals surface area contributed by atoms with E-state index in [0.29, 0.717) is 11.3 Å². The van der Waals surface area contributed by atoms with Crippen LogP contribution in [0, 0.1) is 5.82 Å². The molecule has 0 bridgehead atoms. The molecule has 0 aromatic heterocycles. The molecule has 2 amide bonds. The second kappa shape index (κ2) is 11.5. The van der Waals surface area contributed by atoms with Crippen molar-refractivity contribution in [3.63, 3.8) is 0 Å². The van der Waals surface area contributed by atoms with Crippen LogP contribution in [-0.2, 0) is 16.1 Å². The highest BCUT2D eigenvalue weighted by Gasteiger charge is 2.28. The minimum Gasteiger partial charge on any atom is -0.483 e. The number of para-hydroxylation sites is 1. The number of hydrogen-bond acceptors (Lipinski definition) is 3. The Balaban J connectivity index is 2.21. The van der Waals surface area contributed by atoms with Gasteiger partial charge >= 0.3 is 0 Å². The average Bonchev–Trinajstić information content (AvgIpc) is 2.76. The van der Waals surface area contributed by atoms with Gasteiger partial charge in [0.15, 0.2) is 6.61 Å². The molecule has 5 nitrogen and oxygen atoms in total. The third kappa shape index (κ3) is 6.81. The van der Waals surface area contributed by atoms with Gasteiger partial charge in [-0.3, -0.25) is 9.59 Å². The zero-order chi connectivity index (χ0) is 23.0. The SMILES string of the molecule is CC[C@H](C)NC(=O)[C@@H](C)N(Cc1ccccc1F)C(=O)COc1ccccc1C(C)C. The van der Waals surface area contributed by atoms with Gasteiger partial charge in [0.25, 0.3) is 5.91 Å². The fraction of sp³-hybridized carbons (Fsp3) is 0.440. The van der Waals surface area contributed by atoms with Crippen molar-refractivity contribution in [1.29, 1.82) is 0 Å². The lowest BCUT2D eigenvalue weighted by Gasteiger charge is -2.30. The Bertz CT molecular complexity index is 885. The maximum absolute atomic E-state index is 14.3. The minimum absolute atomic E-state index is 0.0181. The summed E-state index contributed by atoms with van der Waals surface area (Å²) >= 11 is 0. The molecule has 2 atom stereocenters. The predicted octanol–water partition coefficient (Wildman–Crippen LogP) is 4.66. The third-order valence-electron chi connectivity index (χ3n) is 5.36. The molecule has 2 rings (SSSR count). The summed E-state index contributed by atoms with van der Waals surface area (Å²) in [5.41, 5.74) is 1.35. The molecule has 2 aromatic carbocycles. The van der Waals surface area contributed by atoms with Crippen molar-refractivity contribution >= 4 is 11.8 Å². The van der Waals surface area contributed by atoms with Gasteiger partial charge in [0, 0.05) is 18.2 Å². The van der Waals surface area contributed by atoms with Crippen molar-refractivity contribution in [1.82, 2.24) is 10.2 Å². The number of nitrogens with one attached hydrogen (secondary N) is 1. The van der Waals surface area contributed by atoms with Gasteiger partial charge in [0.2, 0.25) is 5.91 Å². The second-order valence-electron chi connectivity index (χ2n) is 8.09. The lowest BCUT2D eigenvalue weighted by molar-refractivity contribution is -0.142. The first-order valence-corrected chi connectivity index (χ1v) is 10.8. The van der Waals surface area contributed by atoms with E-state index < -0.39 is 11.9 Å². The largest absolute Gasteiger partial charge is 0.483 e. The zero-order valence-electron chi connectivity index (χ0n) is 19.0. The number of carbonyl (C=O) groups excluding carboxylic acids is 2. The van der Waals surface area contributed by atoms with Gasteiger partial charge in [-0.05, 0) is 43.9 Å². The lowest BCUT2D eigenvalue weighted by atomic mass is 10.0. The fourth-order valence-electron chi connectivity index (χ4n) is 3.17. The van der Waals surface area contributed by atoms with Gasteiger partial charge < -0.3 is 15.0 Å². The molecule has 0 aliphatic rings. The van der Waals surface area contributed by atoms with Gasteiger partial charge in [-0.2, -0.15) is 0 Å². The Kier molecular flexibility index (Phi) is 9.03. The molecule has 0 spiro atoms. The van der Waals surface area contributed by atoms with Crippen molar-refractivity contribution in [2.75, 3.05) is 6.61 Å². The first kappa shape index (κ1) is 24.4. The Hall–Kier alpha value is -2.89. The number of ether oxygens (including phenoxy) is 1. The smallest absolute Gasteiger partial charge is 0.261 e. The molecule has 1 N–H and O–H groups in total. The van der Waals surface area contributed by atoms with Gasteiger partial charge in [0.05, 0.1) is 0 Å². The van der Waals surface area contributed by atoms with Crippen LogP contribution in [0.25, 0.3) is 0 Å². The van der Waals surface area contributed by atoms with Crippen molar-refractivity contribution < 1.29 is 18.7 Å². The van der Waals surface area contributed by atoms with E-state index in [4.69, 9.17) is 4.74 Å². The first-order valence-electron chi connectivity index (χ1n) is 10.8. The predicted molar refractivity (Wildman–Crippen MR) is 120 cm³/mol. The summed E-state index contributed by atoms with van der Waals surface area (Å²) < 4.78 is 20.1. The Labute approximate surface area is 184 Å². The molecule has 0 saturated carbocycles. The summed E-state index contributed by atoms with van der Waals surface area (Å²) in [7, 11) is 0. The molecule has 0 fully saturated rings. The molecule has 2 aromatic rings. The number of nitrogens with zero attached hydrogens (tertiary/aromatic N) is 1. The summed E-state index contributed by atoms with van der Waals surface area (Å²) in [6.07, 6.45) is 0.773. The van der Waals surface area contributed by atoms with E-state index in [1.165, 1.54) is 11.0 Å². The van der Waals surface area contributed by atoms with Crippen molar-refractivity contribution in [3.8, 4) is 5.75 Å². The summed E-state index contributed by atoms with van der Waals surface area (Å²) in [6.45, 7) is 9.37. The van der Waals surface area contributed by atoms with E-state index in [1.54, 1.807) is 25.1 Å². The maximum Gasteiger partial charge on any atom is 0.261 e. The lowest BCUT2D eigenvalue weighted by Crippen LogP contribution is -2.50. The number of hydrogen-bond donors (Lipinski definition) is 1. The topological polar surface area (TPSA) is 58.6 Å². The van der Waals surface area contributed by atoms with Crippen LogP contribution in [0.4, 0.5) is 4.39 Å². The fourth-order valence-corrected chi connectivity index (χ4v) is 3.17. The molecule has 0 aliphatic heterocycles. The van der Waals surface area contributed by atoms with Crippen LogP contribution in [-0.4, -0.2) is 35.4 Å². The van der Waals surface area contributed by atoms with Gasteiger partial charge in [-0.1, -0.05) is 57.2 Å². The van der Waals surface area contributed by atoms with Crippen molar-refractivity contribution in [3.05, 3.63) is 65.5 Å². The standard InChI is InChI=1S/C25H33FN2O3/c1-6-18(4)27-25(30)19(5)28(15-20-11-7-9-13-22(20)26)24(29)16-31-23-14-10-8-12-21(23)17(2)3/h7-14,17-19H,6,15-16H2,1-5H3,(H,27,30)/t18-,19+/m0/s1. The van der Waals surface area contributed by atoms with Crippen LogP contribution in [0.3, 0.4) is 0 Å². The first-order chi connectivity index (χ1) is 14.7. The van der Waals surface area contributed by atoms with E-state index in [2.05, 4.69) is 19.2 Å². The number of carbonyl (C=O) groups is 2. The number of benzene rings is 2. The van der Waals surface area contributed by atoms with Crippen LogP contribution >= 0.6 is 0 Å². The van der Waals surface area contributed by atoms with Crippen LogP contribution in [0.5, 0.6) is 5.75 Å². The van der Waals surface area contributed by atoms with E-state index in [0.717, 1.165) is 12.0 Å². The molecule has 0 aliphatic carbocycles. The van der Waals surface area contributed by atoms with E-state index in [9.17, 15) is 14.0 Å². The van der Waals surface area contributed by atoms with Gasteiger partial charge in [-0.15, -0.1) is 0 Å². The molecule has 6 heteroatoms. The summed E-state index contributed by atoms with van der Waals surface area (Å²) in [5, 5.41) is 2.90. The van der Waals surface area contributed by atoms with Crippen molar-refractivity contribution in [2.24, 2.45) is 0 Å². The average molecular weight is 429 g/mol. The van der Waals surface area contributed by atoms with Crippen LogP contribution in [0.15, 0.2) is 48.5 Å². The summed E-state index contributed by atoms with van der Waals surface area (Å²) in [6, 6.07) is 13.0. The normalized spacial score (nSPS) is 12.9. The summed E-state index contributed by atoms with van der Waals surface area (Å²) in [5.74, 6) is -0.203. The Morgan fingerprint density at radius 1 is 1.03 bits per heavy atom. The minimum atomic E-state index is -0.773. The quantitative estimate of drug-likeness (QED) is 0.599. The molecule has 0 saturated heterocycles. The Morgan fingerprint density at radius 3 is 2.32 bits per heavy atom. The van der Waals surface area contributed by atoms with E-state index in [-0.39, 0.29) is 36.9 Å². The highest BCUT2D eigenvalue weighted by molar-refractivity contribution is 5.88. The molecule has 0 radical (unpaired) electrons. The van der Waals surface area contributed by atoms with Crippen molar-refractivity contribution in [2.45, 2.75) is 65.6 Å². The monoisotopic (exact) mass is 428 g/mol. The molecular weight excluding hydrogens is 395 g/mol. The zero-order valence-corrected chi connectivity index (χ0v) is 19.0. The number of halogens is 1. The van der Waals surface area contributed by atoms with Crippen LogP contribution in [0.2, 0.25) is 0 Å². The van der Waals surface area contributed by atoms with Crippen LogP contribution < -0.4 is 10.1 Å². The van der Waals surface area contributed by atoms with E-state index >= 15 is 0 Å². The highest BCUT2D eigenvalue weighted by atomic mass is 19.1.